The van der Waals surface area contributed by atoms with Crippen LogP contribution in [0.5, 0.6) is 0 Å². The van der Waals surface area contributed by atoms with Crippen molar-refractivity contribution in [2.45, 2.75) is 12.6 Å². The van der Waals surface area contributed by atoms with E-state index in [1.165, 1.54) is 0 Å². The predicted octanol–water partition coefficient (Wildman–Crippen LogP) is 1.62. The van der Waals surface area contributed by atoms with Crippen LogP contribution >= 0.6 is 27.5 Å². The molecular weight excluding hydrogens is 330 g/mol. The molecule has 1 unspecified atom stereocenters. The quantitative estimate of drug-likeness (QED) is 0.874. The Bertz CT molecular complexity index is 469. The fraction of sp³-hybridized carbons (Fsp3) is 0.462. The molecule has 0 spiro atoms. The molecule has 0 aliphatic carbocycles. The molecule has 1 fully saturated rings. The van der Waals surface area contributed by atoms with Crippen molar-refractivity contribution in [2.75, 3.05) is 26.7 Å². The molecule has 6 heteroatoms. The van der Waals surface area contributed by atoms with Crippen LogP contribution in [0.3, 0.4) is 0 Å². The number of benzene rings is 1. The van der Waals surface area contributed by atoms with Gasteiger partial charge in [0.1, 0.15) is 6.04 Å². The normalized spacial score (nSPS) is 20.3. The summed E-state index contributed by atoms with van der Waals surface area (Å²) < 4.78 is 0.887. The highest BCUT2D eigenvalue weighted by Crippen LogP contribution is 2.24. The van der Waals surface area contributed by atoms with E-state index in [0.717, 1.165) is 29.7 Å². The number of likely N-dealkylation sites (N-methyl/N-ethyl adjacent to an activating group) is 1. The molecule has 1 amide bonds. The van der Waals surface area contributed by atoms with Crippen LogP contribution in [-0.2, 0) is 11.3 Å². The van der Waals surface area contributed by atoms with Crippen molar-refractivity contribution < 1.29 is 4.79 Å². The van der Waals surface area contributed by atoms with Gasteiger partial charge in [-0.3, -0.25) is 9.69 Å². The summed E-state index contributed by atoms with van der Waals surface area (Å²) in [7, 11) is 1.67. The van der Waals surface area contributed by atoms with Crippen LogP contribution in [0, 0.1) is 0 Å². The Morgan fingerprint density at radius 1 is 1.63 bits per heavy atom. The van der Waals surface area contributed by atoms with E-state index in [-0.39, 0.29) is 11.9 Å². The summed E-state index contributed by atoms with van der Waals surface area (Å²) in [5, 5.41) is 6.67. The maximum absolute atomic E-state index is 11.9. The van der Waals surface area contributed by atoms with Crippen molar-refractivity contribution in [3.05, 3.63) is 33.3 Å². The molecule has 19 heavy (non-hydrogen) atoms. The zero-order chi connectivity index (χ0) is 13.8. The van der Waals surface area contributed by atoms with E-state index in [4.69, 9.17) is 11.6 Å². The second-order valence-electron chi connectivity index (χ2n) is 4.55. The number of nitrogens with zero attached hydrogens (tertiary/aromatic N) is 1. The van der Waals surface area contributed by atoms with Crippen molar-refractivity contribution in [1.29, 1.82) is 0 Å². The minimum absolute atomic E-state index is 0.0558. The van der Waals surface area contributed by atoms with Crippen molar-refractivity contribution in [2.24, 2.45) is 0 Å². The number of carbonyl (C=O) groups excluding carboxylic acids is 1. The summed E-state index contributed by atoms with van der Waals surface area (Å²) in [6.45, 7) is 3.20. The van der Waals surface area contributed by atoms with Gasteiger partial charge in [0.2, 0.25) is 5.91 Å². The summed E-state index contributed by atoms with van der Waals surface area (Å²) in [6, 6.07) is 5.76. The van der Waals surface area contributed by atoms with Crippen molar-refractivity contribution in [3.8, 4) is 0 Å². The van der Waals surface area contributed by atoms with Crippen LogP contribution in [0.15, 0.2) is 22.7 Å². The van der Waals surface area contributed by atoms with E-state index < -0.39 is 0 Å². The molecule has 1 aliphatic rings. The van der Waals surface area contributed by atoms with Crippen LogP contribution in [0.2, 0.25) is 5.02 Å². The number of amides is 1. The minimum atomic E-state index is -0.117. The monoisotopic (exact) mass is 345 g/mol. The Labute approximate surface area is 126 Å². The molecule has 1 saturated heterocycles. The third-order valence-corrected chi connectivity index (χ3v) is 4.49. The van der Waals surface area contributed by atoms with Gasteiger partial charge in [-0.25, -0.2) is 0 Å². The van der Waals surface area contributed by atoms with Crippen molar-refractivity contribution >= 4 is 33.4 Å². The Balaban J connectivity index is 2.10. The van der Waals surface area contributed by atoms with Gasteiger partial charge in [0.05, 0.1) is 5.02 Å². The third-order valence-electron chi connectivity index (χ3n) is 3.27. The number of hydrogen-bond donors (Lipinski definition) is 2. The molecular formula is C13H17BrClN3O. The number of rotatable bonds is 3. The number of nitrogens with one attached hydrogen (secondary N) is 2. The van der Waals surface area contributed by atoms with Gasteiger partial charge in [0, 0.05) is 37.7 Å². The lowest BCUT2D eigenvalue weighted by molar-refractivity contribution is -0.126. The van der Waals surface area contributed by atoms with Gasteiger partial charge >= 0.3 is 0 Å². The minimum Gasteiger partial charge on any atom is -0.358 e. The molecule has 1 aromatic carbocycles. The van der Waals surface area contributed by atoms with Gasteiger partial charge in [0.15, 0.2) is 0 Å². The van der Waals surface area contributed by atoms with E-state index in [1.54, 1.807) is 7.05 Å². The van der Waals surface area contributed by atoms with E-state index in [0.29, 0.717) is 11.6 Å². The van der Waals surface area contributed by atoms with Crippen molar-refractivity contribution in [3.63, 3.8) is 0 Å². The van der Waals surface area contributed by atoms with Gasteiger partial charge in [-0.05, 0) is 33.6 Å². The first-order valence-electron chi connectivity index (χ1n) is 6.22. The van der Waals surface area contributed by atoms with Gasteiger partial charge in [-0.1, -0.05) is 17.7 Å². The number of piperazine rings is 1. The Morgan fingerprint density at radius 2 is 2.42 bits per heavy atom. The topological polar surface area (TPSA) is 44.4 Å². The lowest BCUT2D eigenvalue weighted by Crippen LogP contribution is -2.56. The molecule has 2 N–H and O–H groups in total. The van der Waals surface area contributed by atoms with Crippen LogP contribution < -0.4 is 10.6 Å². The fourth-order valence-corrected chi connectivity index (χ4v) is 2.78. The summed E-state index contributed by atoms with van der Waals surface area (Å²) in [5.74, 6) is 0.0558. The molecule has 1 heterocycles. The fourth-order valence-electron chi connectivity index (χ4n) is 2.23. The number of hydrogen-bond acceptors (Lipinski definition) is 3. The lowest BCUT2D eigenvalue weighted by Gasteiger charge is -2.34. The van der Waals surface area contributed by atoms with E-state index >= 15 is 0 Å². The molecule has 1 aliphatic heterocycles. The highest BCUT2D eigenvalue weighted by atomic mass is 79.9. The molecule has 0 radical (unpaired) electrons. The molecule has 1 atom stereocenters. The average molecular weight is 347 g/mol. The molecule has 0 bridgehead atoms. The molecule has 0 aromatic heterocycles. The molecule has 0 saturated carbocycles. The first-order valence-corrected chi connectivity index (χ1v) is 7.39. The van der Waals surface area contributed by atoms with Gasteiger partial charge in [-0.15, -0.1) is 0 Å². The standard InChI is InChI=1S/C13H17BrClN3O/c1-16-13(19)12-7-17-4-5-18(12)8-9-2-3-11(15)10(14)6-9/h2-3,6,12,17H,4-5,7-8H2,1H3,(H,16,19). The zero-order valence-corrected chi connectivity index (χ0v) is 13.1. The SMILES string of the molecule is CNC(=O)C1CNCCN1Cc1ccc(Cl)c(Br)c1. The van der Waals surface area contributed by atoms with Gasteiger partial charge < -0.3 is 10.6 Å². The summed E-state index contributed by atoms with van der Waals surface area (Å²) >= 11 is 9.42. The highest BCUT2D eigenvalue weighted by Gasteiger charge is 2.27. The smallest absolute Gasteiger partial charge is 0.238 e. The van der Waals surface area contributed by atoms with Gasteiger partial charge in [-0.2, -0.15) is 0 Å². The highest BCUT2D eigenvalue weighted by molar-refractivity contribution is 9.10. The number of halogens is 2. The molecule has 4 nitrogen and oxygen atoms in total. The van der Waals surface area contributed by atoms with Crippen LogP contribution in [0.1, 0.15) is 5.56 Å². The van der Waals surface area contributed by atoms with E-state index in [9.17, 15) is 4.79 Å². The maximum atomic E-state index is 11.9. The van der Waals surface area contributed by atoms with Crippen LogP contribution in [0.25, 0.3) is 0 Å². The predicted molar refractivity (Wildman–Crippen MR) is 80.3 cm³/mol. The first kappa shape index (κ1) is 14.8. The first-order chi connectivity index (χ1) is 9.11. The molecule has 104 valence electrons. The summed E-state index contributed by atoms with van der Waals surface area (Å²) in [4.78, 5) is 14.1. The lowest BCUT2D eigenvalue weighted by atomic mass is 10.1. The van der Waals surface area contributed by atoms with E-state index in [2.05, 4.69) is 31.5 Å². The molecule has 2 rings (SSSR count). The van der Waals surface area contributed by atoms with E-state index in [1.807, 2.05) is 18.2 Å². The maximum Gasteiger partial charge on any atom is 0.238 e. The summed E-state index contributed by atoms with van der Waals surface area (Å²) in [5.41, 5.74) is 1.15. The Kier molecular flexibility index (Phi) is 5.21. The van der Waals surface area contributed by atoms with Crippen LogP contribution in [-0.4, -0.2) is 43.5 Å². The molecule has 1 aromatic rings. The summed E-state index contributed by atoms with van der Waals surface area (Å²) in [6.07, 6.45) is 0. The number of carbonyl (C=O) groups is 1. The Morgan fingerprint density at radius 3 is 3.11 bits per heavy atom. The Hall–Kier alpha value is -0.620. The van der Waals surface area contributed by atoms with Gasteiger partial charge in [0.25, 0.3) is 0 Å². The van der Waals surface area contributed by atoms with Crippen LogP contribution in [0.4, 0.5) is 0 Å². The second kappa shape index (κ2) is 6.70. The van der Waals surface area contributed by atoms with Crippen molar-refractivity contribution in [1.82, 2.24) is 15.5 Å². The largest absolute Gasteiger partial charge is 0.358 e. The third kappa shape index (κ3) is 3.69. The average Bonchev–Trinajstić information content (AvgIpc) is 2.43. The zero-order valence-electron chi connectivity index (χ0n) is 10.7. The second-order valence-corrected chi connectivity index (χ2v) is 5.81.